The highest BCUT2D eigenvalue weighted by molar-refractivity contribution is 5.97. The van der Waals surface area contributed by atoms with Gasteiger partial charge in [-0.15, -0.1) is 0 Å². The maximum atomic E-state index is 12.4. The first-order valence-corrected chi connectivity index (χ1v) is 11.2. The fourth-order valence-corrected chi connectivity index (χ4v) is 3.80. The number of rotatable bonds is 7. The number of dihydropyridines is 1. The Kier molecular flexibility index (Phi) is 7.09. The topological polar surface area (TPSA) is 84.6 Å². The summed E-state index contributed by atoms with van der Waals surface area (Å²) in [5.41, 5.74) is 8.30. The number of carbonyl (C=O) groups excluding carboxylic acids is 1. The summed E-state index contributed by atoms with van der Waals surface area (Å²) in [6.07, 6.45) is 12.0. The smallest absolute Gasteiger partial charge is 0.165 e. The van der Waals surface area contributed by atoms with Crippen molar-refractivity contribution in [2.45, 2.75) is 52.7 Å². The highest BCUT2D eigenvalue weighted by Crippen LogP contribution is 2.38. The highest BCUT2D eigenvalue weighted by atomic mass is 16.5. The van der Waals surface area contributed by atoms with Crippen LogP contribution < -0.4 is 11.1 Å². The molecule has 2 aliphatic rings. The Bertz CT molecular complexity index is 1000. The summed E-state index contributed by atoms with van der Waals surface area (Å²) in [5.74, 6) is 1.78. The fourth-order valence-electron chi connectivity index (χ4n) is 3.80. The molecule has 0 amide bonds. The Morgan fingerprint density at radius 3 is 2.56 bits per heavy atom. The summed E-state index contributed by atoms with van der Waals surface area (Å²) >= 11 is 0. The van der Waals surface area contributed by atoms with Gasteiger partial charge in [-0.05, 0) is 56.5 Å². The van der Waals surface area contributed by atoms with Gasteiger partial charge in [0.25, 0.3) is 0 Å². The second-order valence-electron chi connectivity index (χ2n) is 9.06. The first-order valence-electron chi connectivity index (χ1n) is 11.2. The van der Waals surface area contributed by atoms with E-state index in [1.165, 1.54) is 6.20 Å². The Hall–Kier alpha value is -3.05. The normalized spacial score (nSPS) is 23.3. The fraction of sp³-hybridized carbons (Fsp3) is 0.370. The molecule has 0 bridgehead atoms. The molecule has 0 aromatic heterocycles. The highest BCUT2D eigenvalue weighted by Gasteiger charge is 2.29. The van der Waals surface area contributed by atoms with Crippen molar-refractivity contribution in [2.75, 3.05) is 0 Å². The van der Waals surface area contributed by atoms with Gasteiger partial charge in [0.2, 0.25) is 0 Å². The van der Waals surface area contributed by atoms with Crippen LogP contribution in [0.2, 0.25) is 0 Å². The van der Waals surface area contributed by atoms with Crippen molar-refractivity contribution in [3.8, 4) is 0 Å². The average Bonchev–Trinajstić information content (AvgIpc) is 3.17. The van der Waals surface area contributed by atoms with Gasteiger partial charge < -0.3 is 20.9 Å². The van der Waals surface area contributed by atoms with Gasteiger partial charge in [-0.3, -0.25) is 4.79 Å². The van der Waals surface area contributed by atoms with Crippen LogP contribution >= 0.6 is 0 Å². The molecular weight excluding hydrogens is 400 g/mol. The third-order valence-electron chi connectivity index (χ3n) is 6.03. The van der Waals surface area contributed by atoms with Crippen LogP contribution in [0.1, 0.15) is 57.0 Å². The van der Waals surface area contributed by atoms with Crippen LogP contribution in [0, 0.1) is 11.8 Å². The van der Waals surface area contributed by atoms with Crippen molar-refractivity contribution >= 4 is 11.5 Å². The lowest BCUT2D eigenvalue weighted by Crippen LogP contribution is -2.44. The van der Waals surface area contributed by atoms with Crippen molar-refractivity contribution in [1.82, 2.24) is 5.32 Å². The van der Waals surface area contributed by atoms with E-state index in [-0.39, 0.29) is 23.7 Å². The zero-order valence-corrected chi connectivity index (χ0v) is 19.6. The number of allylic oxidation sites excluding steroid dienone is 5. The number of Topliss-reactive ketones (excluding diaryl/α,β-unsaturated/α-hetero) is 1. The van der Waals surface area contributed by atoms with Crippen LogP contribution in [0.25, 0.3) is 5.76 Å². The molecule has 0 fully saturated rings. The molecule has 0 radical (unpaired) electrons. The standard InChI is InChI=1S/C27H34N2O3/c1-6-17(2)25(30)20-9-7-19(8-10-20)23-15-18(3)26(32-23)22(11-13-28)21-12-14-29-24(16-21)27(4,5)31/h7-18,24,29,31H,6,28H2,1-5H3/b13-11-,26-22-. The van der Waals surface area contributed by atoms with Crippen molar-refractivity contribution in [3.05, 3.63) is 89.0 Å². The number of aliphatic hydroxyl groups is 1. The number of hydrogen-bond acceptors (Lipinski definition) is 5. The van der Waals surface area contributed by atoms with Crippen LogP contribution in [-0.4, -0.2) is 22.5 Å². The van der Waals surface area contributed by atoms with E-state index in [1.54, 1.807) is 13.8 Å². The van der Waals surface area contributed by atoms with Crippen LogP contribution in [0.3, 0.4) is 0 Å². The van der Waals surface area contributed by atoms with Crippen LogP contribution in [0.4, 0.5) is 0 Å². The van der Waals surface area contributed by atoms with Crippen molar-refractivity contribution in [3.63, 3.8) is 0 Å². The number of benzene rings is 1. The van der Waals surface area contributed by atoms with Gasteiger partial charge >= 0.3 is 0 Å². The van der Waals surface area contributed by atoms with Crippen LogP contribution in [0.15, 0.2) is 77.9 Å². The first-order chi connectivity index (χ1) is 15.2. The van der Waals surface area contributed by atoms with Gasteiger partial charge in [-0.2, -0.15) is 0 Å². The zero-order valence-electron chi connectivity index (χ0n) is 19.6. The largest absolute Gasteiger partial charge is 0.460 e. The molecule has 0 saturated heterocycles. The van der Waals surface area contributed by atoms with Gasteiger partial charge in [0.05, 0.1) is 11.6 Å². The molecule has 0 aliphatic carbocycles. The van der Waals surface area contributed by atoms with Crippen molar-refractivity contribution in [1.29, 1.82) is 0 Å². The minimum Gasteiger partial charge on any atom is -0.460 e. The summed E-state index contributed by atoms with van der Waals surface area (Å²) < 4.78 is 6.31. The molecule has 5 nitrogen and oxygen atoms in total. The molecule has 2 aliphatic heterocycles. The molecule has 1 aromatic rings. The van der Waals surface area contributed by atoms with Crippen LogP contribution in [-0.2, 0) is 4.74 Å². The maximum absolute atomic E-state index is 12.4. The number of nitrogens with one attached hydrogen (secondary N) is 1. The van der Waals surface area contributed by atoms with Crippen molar-refractivity contribution in [2.24, 2.45) is 17.6 Å². The van der Waals surface area contributed by atoms with E-state index in [0.29, 0.717) is 0 Å². The molecule has 170 valence electrons. The molecule has 2 heterocycles. The Morgan fingerprint density at radius 1 is 1.28 bits per heavy atom. The third kappa shape index (κ3) is 5.05. The van der Waals surface area contributed by atoms with Gasteiger partial charge in [-0.25, -0.2) is 0 Å². The second-order valence-corrected chi connectivity index (χ2v) is 9.06. The van der Waals surface area contributed by atoms with E-state index in [4.69, 9.17) is 10.5 Å². The molecule has 4 N–H and O–H groups in total. The third-order valence-corrected chi connectivity index (χ3v) is 6.03. The number of nitrogens with two attached hydrogens (primary N) is 1. The minimum atomic E-state index is -0.918. The minimum absolute atomic E-state index is 0.0157. The van der Waals surface area contributed by atoms with Crippen LogP contribution in [0.5, 0.6) is 0 Å². The van der Waals surface area contributed by atoms with E-state index < -0.39 is 5.60 Å². The molecule has 1 aromatic carbocycles. The SMILES string of the molecule is CCC(C)C(=O)c1ccc(C2=CC(C)/C(=C(\C=C/N)C3=CC(C(C)(C)O)NC=C3)O2)cc1. The molecule has 0 saturated carbocycles. The zero-order chi connectivity index (χ0) is 23.5. The molecule has 5 heteroatoms. The van der Waals surface area contributed by atoms with Crippen molar-refractivity contribution < 1.29 is 14.6 Å². The quantitative estimate of drug-likeness (QED) is 0.535. The van der Waals surface area contributed by atoms with Gasteiger partial charge in [0.15, 0.2) is 5.78 Å². The Balaban J connectivity index is 1.90. The molecule has 0 spiro atoms. The van der Waals surface area contributed by atoms with E-state index in [1.807, 2.05) is 62.5 Å². The molecular formula is C27H34N2O3. The number of carbonyl (C=O) groups is 1. The summed E-state index contributed by atoms with van der Waals surface area (Å²) in [4.78, 5) is 12.4. The van der Waals surface area contributed by atoms with Gasteiger partial charge in [0, 0.05) is 28.5 Å². The van der Waals surface area contributed by atoms with E-state index >= 15 is 0 Å². The molecule has 32 heavy (non-hydrogen) atoms. The molecule has 3 atom stereocenters. The summed E-state index contributed by atoms with van der Waals surface area (Å²) in [5, 5.41) is 13.6. The lowest BCUT2D eigenvalue weighted by atomic mass is 9.90. The maximum Gasteiger partial charge on any atom is 0.165 e. The van der Waals surface area contributed by atoms with E-state index in [0.717, 1.165) is 40.2 Å². The lowest BCUT2D eigenvalue weighted by Gasteiger charge is -2.30. The Morgan fingerprint density at radius 2 is 1.97 bits per heavy atom. The summed E-state index contributed by atoms with van der Waals surface area (Å²) in [6.45, 7) is 9.59. The summed E-state index contributed by atoms with van der Waals surface area (Å²) in [6, 6.07) is 7.37. The summed E-state index contributed by atoms with van der Waals surface area (Å²) in [7, 11) is 0. The van der Waals surface area contributed by atoms with E-state index in [2.05, 4.69) is 18.3 Å². The second kappa shape index (κ2) is 9.61. The van der Waals surface area contributed by atoms with Gasteiger partial charge in [0.1, 0.15) is 11.5 Å². The first kappa shape index (κ1) is 23.6. The predicted molar refractivity (Wildman–Crippen MR) is 129 cm³/mol. The number of hydrogen-bond donors (Lipinski definition) is 3. The number of ether oxygens (including phenoxy) is 1. The molecule has 3 unspecified atom stereocenters. The Labute approximate surface area is 191 Å². The molecule has 3 rings (SSSR count). The average molecular weight is 435 g/mol. The lowest BCUT2D eigenvalue weighted by molar-refractivity contribution is 0.0583. The predicted octanol–water partition coefficient (Wildman–Crippen LogP) is 4.83. The van der Waals surface area contributed by atoms with Gasteiger partial charge in [-0.1, -0.05) is 51.1 Å². The van der Waals surface area contributed by atoms with E-state index in [9.17, 15) is 9.90 Å². The number of ketones is 1. The monoisotopic (exact) mass is 434 g/mol.